The Balaban J connectivity index is 2.88. The van der Waals surface area contributed by atoms with Gasteiger partial charge in [-0.3, -0.25) is 4.79 Å². The molecule has 1 aromatic carbocycles. The van der Waals surface area contributed by atoms with Crippen LogP contribution in [-0.2, 0) is 9.53 Å². The molecule has 2 N–H and O–H groups in total. The lowest BCUT2D eigenvalue weighted by Crippen LogP contribution is -2.23. The molecule has 0 aliphatic heterocycles. The average Bonchev–Trinajstić information content (AvgIpc) is 2.40. The quantitative estimate of drug-likeness (QED) is 0.773. The fourth-order valence-electron chi connectivity index (χ4n) is 1.63. The van der Waals surface area contributed by atoms with Gasteiger partial charge in [0.05, 0.1) is 26.2 Å². The smallest absolute Gasteiger partial charge is 0.308 e. The normalized spacial score (nSPS) is 13.7. The Bertz CT molecular complexity index is 478. The maximum atomic E-state index is 13.3. The largest absolute Gasteiger partial charge is 0.494 e. The van der Waals surface area contributed by atoms with Gasteiger partial charge < -0.3 is 19.7 Å². The molecule has 0 aliphatic carbocycles. The first-order valence-corrected chi connectivity index (χ1v) is 5.95. The van der Waals surface area contributed by atoms with Gasteiger partial charge in [0.2, 0.25) is 5.82 Å². The fourth-order valence-corrected chi connectivity index (χ4v) is 1.63. The highest BCUT2D eigenvalue weighted by Gasteiger charge is 2.24. The van der Waals surface area contributed by atoms with Gasteiger partial charge in [-0.15, -0.1) is 0 Å². The van der Waals surface area contributed by atoms with E-state index in [9.17, 15) is 23.8 Å². The average molecular weight is 290 g/mol. The summed E-state index contributed by atoms with van der Waals surface area (Å²) in [6.45, 7) is 1.74. The van der Waals surface area contributed by atoms with E-state index in [4.69, 9.17) is 0 Å². The molecule has 0 saturated carbocycles. The number of rotatable bonds is 6. The molecule has 0 fully saturated rings. The van der Waals surface area contributed by atoms with Crippen LogP contribution in [0.1, 0.15) is 25.0 Å². The molecule has 0 aliphatic rings. The van der Waals surface area contributed by atoms with Gasteiger partial charge in [0.1, 0.15) is 6.10 Å². The number of hydrogen-bond acceptors (Lipinski definition) is 5. The molecular weight excluding hydrogens is 274 g/mol. The van der Waals surface area contributed by atoms with Crippen LogP contribution in [0.2, 0.25) is 0 Å². The number of methoxy groups -OCH3 is 1. The van der Waals surface area contributed by atoms with Crippen LogP contribution in [0.3, 0.4) is 0 Å². The van der Waals surface area contributed by atoms with E-state index in [1.165, 1.54) is 0 Å². The van der Waals surface area contributed by atoms with Crippen LogP contribution in [-0.4, -0.2) is 36.0 Å². The number of esters is 1. The van der Waals surface area contributed by atoms with Crippen LogP contribution in [0, 0.1) is 11.6 Å². The molecule has 1 rings (SSSR count). The topological polar surface area (TPSA) is 76.0 Å². The van der Waals surface area contributed by atoms with Crippen molar-refractivity contribution in [3.8, 4) is 5.75 Å². The van der Waals surface area contributed by atoms with Gasteiger partial charge in [0.15, 0.2) is 11.6 Å². The van der Waals surface area contributed by atoms with Crippen molar-refractivity contribution >= 4 is 5.97 Å². The van der Waals surface area contributed by atoms with Crippen molar-refractivity contribution in [3.63, 3.8) is 0 Å². The highest BCUT2D eigenvalue weighted by molar-refractivity contribution is 5.70. The molecule has 7 heteroatoms. The summed E-state index contributed by atoms with van der Waals surface area (Å²) in [5.41, 5.74) is -0.0995. The van der Waals surface area contributed by atoms with E-state index in [1.807, 2.05) is 0 Å². The number of aliphatic hydroxyl groups is 2. The summed E-state index contributed by atoms with van der Waals surface area (Å²) in [7, 11) is 1.14. The van der Waals surface area contributed by atoms with Crippen LogP contribution in [0.25, 0.3) is 0 Å². The van der Waals surface area contributed by atoms with Gasteiger partial charge >= 0.3 is 5.97 Å². The first-order valence-electron chi connectivity index (χ1n) is 5.95. The number of carbonyl (C=O) groups excluding carboxylic acids is 1. The van der Waals surface area contributed by atoms with Crippen molar-refractivity contribution in [1.29, 1.82) is 0 Å². The minimum atomic E-state index is -1.57. The second-order valence-electron chi connectivity index (χ2n) is 4.04. The zero-order valence-electron chi connectivity index (χ0n) is 11.1. The molecule has 1 aromatic rings. The fraction of sp³-hybridized carbons (Fsp3) is 0.462. The van der Waals surface area contributed by atoms with Crippen LogP contribution in [0.4, 0.5) is 8.78 Å². The molecule has 0 heterocycles. The van der Waals surface area contributed by atoms with Crippen molar-refractivity contribution in [2.75, 3.05) is 13.7 Å². The van der Waals surface area contributed by atoms with E-state index in [1.54, 1.807) is 6.92 Å². The molecule has 0 radical (unpaired) electrons. The van der Waals surface area contributed by atoms with Gasteiger partial charge in [0, 0.05) is 0 Å². The van der Waals surface area contributed by atoms with E-state index >= 15 is 0 Å². The summed E-state index contributed by atoms with van der Waals surface area (Å²) in [6, 6.07) is 1.79. The van der Waals surface area contributed by atoms with Crippen LogP contribution in [0.5, 0.6) is 5.75 Å². The summed E-state index contributed by atoms with van der Waals surface area (Å²) in [6.07, 6.45) is -3.52. The summed E-state index contributed by atoms with van der Waals surface area (Å²) in [5, 5.41) is 19.5. The van der Waals surface area contributed by atoms with Gasteiger partial charge in [-0.2, -0.15) is 4.39 Å². The molecule has 2 atom stereocenters. The lowest BCUT2D eigenvalue weighted by Gasteiger charge is -2.18. The van der Waals surface area contributed by atoms with Crippen molar-refractivity contribution in [2.24, 2.45) is 0 Å². The van der Waals surface area contributed by atoms with Gasteiger partial charge in [-0.05, 0) is 24.6 Å². The summed E-state index contributed by atoms with van der Waals surface area (Å²) in [5.74, 6) is -3.51. The number of carbonyl (C=O) groups is 1. The SMILES string of the molecule is CCOC(=O)CC(O)C(O)c1cc(F)c(F)c(OC)c1. The molecule has 0 amide bonds. The Morgan fingerprint density at radius 3 is 2.55 bits per heavy atom. The Labute approximate surface area is 114 Å². The van der Waals surface area contributed by atoms with Crippen molar-refractivity contribution < 1.29 is 33.3 Å². The Kier molecular flexibility index (Phi) is 5.84. The number of halogens is 2. The van der Waals surface area contributed by atoms with Gasteiger partial charge in [-0.25, -0.2) is 4.39 Å². The lowest BCUT2D eigenvalue weighted by atomic mass is 10.0. The van der Waals surface area contributed by atoms with Crippen molar-refractivity contribution in [1.82, 2.24) is 0 Å². The van der Waals surface area contributed by atoms with E-state index in [0.717, 1.165) is 19.2 Å². The predicted octanol–water partition coefficient (Wildman–Crippen LogP) is 1.32. The second kappa shape index (κ2) is 7.16. The summed E-state index contributed by atoms with van der Waals surface area (Å²) in [4.78, 5) is 11.2. The Morgan fingerprint density at radius 1 is 1.35 bits per heavy atom. The zero-order valence-corrected chi connectivity index (χ0v) is 11.1. The zero-order chi connectivity index (χ0) is 15.3. The number of benzene rings is 1. The summed E-state index contributed by atoms with van der Waals surface area (Å²) < 4.78 is 35.8. The predicted molar refractivity (Wildman–Crippen MR) is 65.1 cm³/mol. The standard InChI is InChI=1S/C13H16F2O5/c1-3-20-11(17)6-9(16)13(18)7-4-8(14)12(15)10(5-7)19-2/h4-5,9,13,16,18H,3,6H2,1-2H3. The highest BCUT2D eigenvalue weighted by Crippen LogP contribution is 2.27. The van der Waals surface area contributed by atoms with Crippen molar-refractivity contribution in [3.05, 3.63) is 29.3 Å². The lowest BCUT2D eigenvalue weighted by molar-refractivity contribution is -0.147. The number of aliphatic hydroxyl groups excluding tert-OH is 2. The van der Waals surface area contributed by atoms with Crippen LogP contribution in [0.15, 0.2) is 12.1 Å². The van der Waals surface area contributed by atoms with Crippen LogP contribution >= 0.6 is 0 Å². The van der Waals surface area contributed by atoms with E-state index < -0.39 is 42.0 Å². The van der Waals surface area contributed by atoms with Gasteiger partial charge in [0.25, 0.3) is 0 Å². The minimum Gasteiger partial charge on any atom is -0.494 e. The van der Waals surface area contributed by atoms with Crippen molar-refractivity contribution in [2.45, 2.75) is 25.6 Å². The Hall–Kier alpha value is -1.73. The monoisotopic (exact) mass is 290 g/mol. The molecule has 20 heavy (non-hydrogen) atoms. The molecule has 0 bridgehead atoms. The number of ether oxygens (including phenoxy) is 2. The third-order valence-corrected chi connectivity index (χ3v) is 2.62. The number of hydrogen-bond donors (Lipinski definition) is 2. The maximum absolute atomic E-state index is 13.3. The first-order chi connectivity index (χ1) is 9.40. The third-order valence-electron chi connectivity index (χ3n) is 2.62. The van der Waals surface area contributed by atoms with E-state index in [2.05, 4.69) is 9.47 Å². The molecule has 0 saturated heterocycles. The second-order valence-corrected chi connectivity index (χ2v) is 4.04. The van der Waals surface area contributed by atoms with Gasteiger partial charge in [-0.1, -0.05) is 0 Å². The molecule has 5 nitrogen and oxygen atoms in total. The highest BCUT2D eigenvalue weighted by atomic mass is 19.2. The van der Waals surface area contributed by atoms with Crippen LogP contribution < -0.4 is 4.74 Å². The maximum Gasteiger partial charge on any atom is 0.308 e. The molecular formula is C13H16F2O5. The molecule has 112 valence electrons. The minimum absolute atomic E-state index is 0.0995. The third kappa shape index (κ3) is 3.88. The molecule has 0 spiro atoms. The Morgan fingerprint density at radius 2 is 2.00 bits per heavy atom. The summed E-state index contributed by atoms with van der Waals surface area (Å²) >= 11 is 0. The van der Waals surface area contributed by atoms with E-state index in [-0.39, 0.29) is 12.2 Å². The first kappa shape index (κ1) is 16.3. The molecule has 2 unspecified atom stereocenters. The van der Waals surface area contributed by atoms with E-state index in [0.29, 0.717) is 0 Å². The molecule has 0 aromatic heterocycles.